The van der Waals surface area contributed by atoms with E-state index in [4.69, 9.17) is 4.52 Å². The van der Waals surface area contributed by atoms with Crippen LogP contribution < -0.4 is 5.32 Å². The number of hydrogen-bond acceptors (Lipinski definition) is 6. The molecule has 2 aromatic heterocycles. The summed E-state index contributed by atoms with van der Waals surface area (Å²) in [5, 5.41) is 12.2. The average Bonchev–Trinajstić information content (AvgIpc) is 3.06. The van der Waals surface area contributed by atoms with E-state index < -0.39 is 0 Å². The molecule has 3 heterocycles. The van der Waals surface area contributed by atoms with Gasteiger partial charge in [-0.25, -0.2) is 0 Å². The second-order valence-electron chi connectivity index (χ2n) is 6.41. The molecule has 2 aliphatic rings. The average molecular weight is 318 g/mol. The first kappa shape index (κ1) is 14.4. The number of aromatic nitrogens is 2. The number of likely N-dealkylation sites (tertiary alicyclic amines) is 1. The van der Waals surface area contributed by atoms with Crippen molar-refractivity contribution in [2.24, 2.45) is 0 Å². The zero-order valence-corrected chi connectivity index (χ0v) is 13.5. The van der Waals surface area contributed by atoms with Crippen molar-refractivity contribution in [1.29, 1.82) is 0 Å². The normalized spacial score (nSPS) is 23.0. The monoisotopic (exact) mass is 318 g/mol. The van der Waals surface area contributed by atoms with Gasteiger partial charge in [0.25, 0.3) is 0 Å². The minimum atomic E-state index is 0.544. The second kappa shape index (κ2) is 6.48. The SMILES string of the molecule is c1cc(CN[C@H]2CCCN(Cc3noc(C4CC4)n3)C2)cs1. The third-order valence-corrected chi connectivity index (χ3v) is 5.19. The number of nitrogens with one attached hydrogen (secondary N) is 1. The van der Waals surface area contributed by atoms with Crippen LogP contribution in [-0.2, 0) is 13.1 Å². The Morgan fingerprint density at radius 1 is 1.36 bits per heavy atom. The van der Waals surface area contributed by atoms with E-state index >= 15 is 0 Å². The van der Waals surface area contributed by atoms with E-state index in [0.29, 0.717) is 12.0 Å². The number of piperidine rings is 1. The van der Waals surface area contributed by atoms with Gasteiger partial charge in [-0.05, 0) is 54.6 Å². The molecule has 1 atom stereocenters. The summed E-state index contributed by atoms with van der Waals surface area (Å²) < 4.78 is 5.35. The summed E-state index contributed by atoms with van der Waals surface area (Å²) in [6.45, 7) is 3.98. The lowest BCUT2D eigenvalue weighted by Gasteiger charge is -2.32. The lowest BCUT2D eigenvalue weighted by molar-refractivity contribution is 0.177. The van der Waals surface area contributed by atoms with E-state index in [2.05, 4.69) is 37.2 Å². The van der Waals surface area contributed by atoms with Crippen molar-refractivity contribution in [2.45, 2.75) is 50.7 Å². The minimum absolute atomic E-state index is 0.544. The highest BCUT2D eigenvalue weighted by molar-refractivity contribution is 7.07. The Morgan fingerprint density at radius 3 is 3.14 bits per heavy atom. The van der Waals surface area contributed by atoms with E-state index in [1.807, 2.05) is 0 Å². The lowest BCUT2D eigenvalue weighted by Crippen LogP contribution is -2.45. The van der Waals surface area contributed by atoms with Crippen LogP contribution in [0.15, 0.2) is 21.3 Å². The first-order valence-corrected chi connectivity index (χ1v) is 9.10. The Balaban J connectivity index is 1.28. The number of nitrogens with zero attached hydrogens (tertiary/aromatic N) is 3. The summed E-state index contributed by atoms with van der Waals surface area (Å²) in [4.78, 5) is 6.98. The first-order chi connectivity index (χ1) is 10.9. The number of rotatable bonds is 6. The Labute approximate surface area is 134 Å². The van der Waals surface area contributed by atoms with E-state index in [1.54, 1.807) is 11.3 Å². The highest BCUT2D eigenvalue weighted by Crippen LogP contribution is 2.38. The van der Waals surface area contributed by atoms with Crippen molar-refractivity contribution in [3.8, 4) is 0 Å². The van der Waals surface area contributed by atoms with Gasteiger partial charge in [-0.2, -0.15) is 16.3 Å². The third-order valence-electron chi connectivity index (χ3n) is 4.46. The van der Waals surface area contributed by atoms with Crippen LogP contribution >= 0.6 is 11.3 Å². The molecule has 0 aromatic carbocycles. The second-order valence-corrected chi connectivity index (χ2v) is 7.19. The van der Waals surface area contributed by atoms with Gasteiger partial charge in [-0.1, -0.05) is 5.16 Å². The molecule has 0 spiro atoms. The molecule has 1 aliphatic heterocycles. The van der Waals surface area contributed by atoms with Gasteiger partial charge in [-0.15, -0.1) is 0 Å². The van der Waals surface area contributed by atoms with Crippen molar-refractivity contribution in [2.75, 3.05) is 13.1 Å². The van der Waals surface area contributed by atoms with Crippen molar-refractivity contribution >= 4 is 11.3 Å². The molecular formula is C16H22N4OS. The zero-order chi connectivity index (χ0) is 14.8. The van der Waals surface area contributed by atoms with E-state index in [0.717, 1.165) is 37.9 Å². The van der Waals surface area contributed by atoms with Crippen LogP contribution in [-0.4, -0.2) is 34.2 Å². The molecular weight excluding hydrogens is 296 g/mol. The fourth-order valence-electron chi connectivity index (χ4n) is 3.05. The van der Waals surface area contributed by atoms with E-state index in [-0.39, 0.29) is 0 Å². The van der Waals surface area contributed by atoms with Gasteiger partial charge < -0.3 is 9.84 Å². The summed E-state index contributed by atoms with van der Waals surface area (Å²) in [5.74, 6) is 2.24. The minimum Gasteiger partial charge on any atom is -0.339 e. The van der Waals surface area contributed by atoms with Gasteiger partial charge in [0, 0.05) is 25.0 Å². The van der Waals surface area contributed by atoms with Gasteiger partial charge in [0.1, 0.15) is 0 Å². The maximum atomic E-state index is 5.35. The van der Waals surface area contributed by atoms with Gasteiger partial charge in [-0.3, -0.25) is 4.90 Å². The maximum Gasteiger partial charge on any atom is 0.229 e. The fraction of sp³-hybridized carbons (Fsp3) is 0.625. The quantitative estimate of drug-likeness (QED) is 0.887. The molecule has 22 heavy (non-hydrogen) atoms. The van der Waals surface area contributed by atoms with Gasteiger partial charge in [0.05, 0.1) is 6.54 Å². The Kier molecular flexibility index (Phi) is 4.23. The Hall–Kier alpha value is -1.24. The van der Waals surface area contributed by atoms with E-state index in [9.17, 15) is 0 Å². The van der Waals surface area contributed by atoms with Crippen LogP contribution in [0, 0.1) is 0 Å². The molecule has 2 aromatic rings. The van der Waals surface area contributed by atoms with E-state index in [1.165, 1.54) is 31.2 Å². The summed E-state index contributed by atoms with van der Waals surface area (Å²) in [5.41, 5.74) is 1.38. The van der Waals surface area contributed by atoms with Crippen molar-refractivity contribution in [1.82, 2.24) is 20.4 Å². The topological polar surface area (TPSA) is 54.2 Å². The molecule has 4 rings (SSSR count). The highest BCUT2D eigenvalue weighted by atomic mass is 32.1. The van der Waals surface area contributed by atoms with Crippen LogP contribution in [0.2, 0.25) is 0 Å². The molecule has 1 saturated heterocycles. The molecule has 1 aliphatic carbocycles. The smallest absolute Gasteiger partial charge is 0.229 e. The van der Waals surface area contributed by atoms with Crippen LogP contribution in [0.5, 0.6) is 0 Å². The number of thiophene rings is 1. The molecule has 2 fully saturated rings. The van der Waals surface area contributed by atoms with Crippen molar-refractivity contribution in [3.05, 3.63) is 34.1 Å². The molecule has 5 nitrogen and oxygen atoms in total. The van der Waals surface area contributed by atoms with Crippen molar-refractivity contribution < 1.29 is 4.52 Å². The highest BCUT2D eigenvalue weighted by Gasteiger charge is 2.30. The summed E-state index contributed by atoms with van der Waals surface area (Å²) in [7, 11) is 0. The molecule has 0 amide bonds. The molecule has 0 bridgehead atoms. The Morgan fingerprint density at radius 2 is 2.32 bits per heavy atom. The maximum absolute atomic E-state index is 5.35. The predicted octanol–water partition coefficient (Wildman–Crippen LogP) is 2.76. The fourth-order valence-corrected chi connectivity index (χ4v) is 3.72. The largest absolute Gasteiger partial charge is 0.339 e. The standard InChI is InChI=1S/C16H22N4OS/c1-2-14(17-8-12-5-7-22-11-12)9-20(6-1)10-15-18-16(21-19-15)13-3-4-13/h5,7,11,13-14,17H,1-4,6,8-10H2/t14-/m0/s1. The summed E-state index contributed by atoms with van der Waals surface area (Å²) in [6, 6.07) is 2.75. The summed E-state index contributed by atoms with van der Waals surface area (Å²) >= 11 is 1.76. The zero-order valence-electron chi connectivity index (χ0n) is 12.7. The Bertz CT molecular complexity index is 593. The van der Waals surface area contributed by atoms with Crippen molar-refractivity contribution in [3.63, 3.8) is 0 Å². The predicted molar refractivity (Wildman–Crippen MR) is 85.7 cm³/mol. The molecule has 0 unspecified atom stereocenters. The molecule has 0 radical (unpaired) electrons. The molecule has 6 heteroatoms. The summed E-state index contributed by atoms with van der Waals surface area (Å²) in [6.07, 6.45) is 4.90. The van der Waals surface area contributed by atoms with Crippen LogP contribution in [0.4, 0.5) is 0 Å². The number of hydrogen-bond donors (Lipinski definition) is 1. The lowest BCUT2D eigenvalue weighted by atomic mass is 10.1. The van der Waals surface area contributed by atoms with Crippen LogP contribution in [0.3, 0.4) is 0 Å². The van der Waals surface area contributed by atoms with Gasteiger partial charge in [0.2, 0.25) is 5.89 Å². The van der Waals surface area contributed by atoms with Gasteiger partial charge in [0.15, 0.2) is 5.82 Å². The molecule has 118 valence electrons. The molecule has 1 saturated carbocycles. The third kappa shape index (κ3) is 3.56. The first-order valence-electron chi connectivity index (χ1n) is 8.16. The van der Waals surface area contributed by atoms with Crippen LogP contribution in [0.1, 0.15) is 48.9 Å². The molecule has 1 N–H and O–H groups in total. The van der Waals surface area contributed by atoms with Gasteiger partial charge >= 0.3 is 0 Å². The van der Waals surface area contributed by atoms with Crippen LogP contribution in [0.25, 0.3) is 0 Å².